The highest BCUT2D eigenvalue weighted by atomic mass is 16.1. The lowest BCUT2D eigenvalue weighted by atomic mass is 10.1. The van der Waals surface area contributed by atoms with Gasteiger partial charge in [0.15, 0.2) is 0 Å². The van der Waals surface area contributed by atoms with Crippen LogP contribution >= 0.6 is 0 Å². The summed E-state index contributed by atoms with van der Waals surface area (Å²) in [7, 11) is 0. The van der Waals surface area contributed by atoms with Gasteiger partial charge in [0.05, 0.1) is 12.2 Å². The van der Waals surface area contributed by atoms with Gasteiger partial charge in [-0.05, 0) is 32.4 Å². The van der Waals surface area contributed by atoms with Crippen molar-refractivity contribution in [3.63, 3.8) is 0 Å². The molecule has 1 unspecified atom stereocenters. The number of hydrogen-bond donors (Lipinski definition) is 0. The average Bonchev–Trinajstić information content (AvgIpc) is 2.76. The Morgan fingerprint density at radius 2 is 2.35 bits per heavy atom. The molecule has 1 fully saturated rings. The van der Waals surface area contributed by atoms with Gasteiger partial charge in [-0.15, -0.1) is 0 Å². The van der Waals surface area contributed by atoms with E-state index >= 15 is 0 Å². The second-order valence-electron chi connectivity index (χ2n) is 4.90. The summed E-state index contributed by atoms with van der Waals surface area (Å²) < 4.78 is 2.01. The number of rotatable bonds is 4. The van der Waals surface area contributed by atoms with E-state index in [4.69, 9.17) is 0 Å². The van der Waals surface area contributed by atoms with E-state index in [1.54, 1.807) is 0 Å². The fourth-order valence-electron chi connectivity index (χ4n) is 2.17. The van der Waals surface area contributed by atoms with Crippen molar-refractivity contribution in [3.05, 3.63) is 18.0 Å². The number of piperidine rings is 1. The maximum Gasteiger partial charge on any atom is 0.146 e. The van der Waals surface area contributed by atoms with Crippen molar-refractivity contribution >= 4 is 5.78 Å². The van der Waals surface area contributed by atoms with Gasteiger partial charge in [0.25, 0.3) is 0 Å². The summed E-state index contributed by atoms with van der Waals surface area (Å²) in [5.41, 5.74) is 1.07. The van der Waals surface area contributed by atoms with E-state index < -0.39 is 0 Å². The topological polar surface area (TPSA) is 38.1 Å². The average molecular weight is 235 g/mol. The SMILES string of the molecule is CCC(C)n1ccc(CN2CCCC(=O)C2)n1. The van der Waals surface area contributed by atoms with Gasteiger partial charge in [-0.1, -0.05) is 6.92 Å². The lowest BCUT2D eigenvalue weighted by molar-refractivity contribution is -0.122. The summed E-state index contributed by atoms with van der Waals surface area (Å²) >= 11 is 0. The first-order valence-corrected chi connectivity index (χ1v) is 6.47. The smallest absolute Gasteiger partial charge is 0.146 e. The van der Waals surface area contributed by atoms with Crippen LogP contribution in [-0.4, -0.2) is 33.6 Å². The van der Waals surface area contributed by atoms with Crippen LogP contribution in [0.5, 0.6) is 0 Å². The van der Waals surface area contributed by atoms with E-state index in [9.17, 15) is 4.79 Å². The molecule has 0 radical (unpaired) electrons. The number of Topliss-reactive ketones (excluding diaryl/α,β-unsaturated/α-hetero) is 1. The van der Waals surface area contributed by atoms with Crippen LogP contribution in [-0.2, 0) is 11.3 Å². The second-order valence-corrected chi connectivity index (χ2v) is 4.90. The summed E-state index contributed by atoms with van der Waals surface area (Å²) in [5.74, 6) is 0.359. The molecule has 94 valence electrons. The van der Waals surface area contributed by atoms with Crippen LogP contribution < -0.4 is 0 Å². The Morgan fingerprint density at radius 1 is 1.53 bits per heavy atom. The number of nitrogens with zero attached hydrogens (tertiary/aromatic N) is 3. The molecule has 4 heteroatoms. The Hall–Kier alpha value is -1.16. The fourth-order valence-corrected chi connectivity index (χ4v) is 2.17. The number of likely N-dealkylation sites (tertiary alicyclic amines) is 1. The lowest BCUT2D eigenvalue weighted by Gasteiger charge is -2.24. The zero-order chi connectivity index (χ0) is 12.3. The van der Waals surface area contributed by atoms with Crippen LogP contribution in [0.1, 0.15) is 44.8 Å². The molecule has 2 heterocycles. The van der Waals surface area contributed by atoms with E-state index in [1.165, 1.54) is 0 Å². The zero-order valence-electron chi connectivity index (χ0n) is 10.7. The number of carbonyl (C=O) groups is 1. The van der Waals surface area contributed by atoms with Crippen LogP contribution in [0.25, 0.3) is 0 Å². The molecule has 17 heavy (non-hydrogen) atoms. The molecule has 0 N–H and O–H groups in total. The quantitative estimate of drug-likeness (QED) is 0.801. The van der Waals surface area contributed by atoms with E-state index in [1.807, 2.05) is 10.9 Å². The van der Waals surface area contributed by atoms with Crippen LogP contribution in [0.3, 0.4) is 0 Å². The summed E-state index contributed by atoms with van der Waals surface area (Å²) in [6.07, 6.45) is 4.86. The predicted octanol–water partition coefficient (Wildman–Crippen LogP) is 2.02. The van der Waals surface area contributed by atoms with E-state index in [0.717, 1.165) is 38.0 Å². The minimum Gasteiger partial charge on any atom is -0.298 e. The summed E-state index contributed by atoms with van der Waals surface area (Å²) in [6.45, 7) is 6.74. The van der Waals surface area contributed by atoms with Crippen LogP contribution in [0.2, 0.25) is 0 Å². The molecule has 1 atom stereocenters. The Balaban J connectivity index is 1.94. The largest absolute Gasteiger partial charge is 0.298 e. The first-order chi connectivity index (χ1) is 8.19. The molecule has 0 aliphatic carbocycles. The highest BCUT2D eigenvalue weighted by Crippen LogP contribution is 2.12. The third kappa shape index (κ3) is 3.16. The molecular weight excluding hydrogens is 214 g/mol. The predicted molar refractivity (Wildman–Crippen MR) is 66.7 cm³/mol. The van der Waals surface area contributed by atoms with Crippen molar-refractivity contribution in [1.82, 2.24) is 14.7 Å². The molecule has 0 spiro atoms. The number of hydrogen-bond acceptors (Lipinski definition) is 3. The van der Waals surface area contributed by atoms with Gasteiger partial charge < -0.3 is 0 Å². The standard InChI is InChI=1S/C13H21N3O/c1-3-11(2)16-8-6-12(14-16)9-15-7-4-5-13(17)10-15/h6,8,11H,3-5,7,9-10H2,1-2H3. The van der Waals surface area contributed by atoms with E-state index in [-0.39, 0.29) is 0 Å². The van der Waals surface area contributed by atoms with Crippen molar-refractivity contribution < 1.29 is 4.79 Å². The minimum atomic E-state index is 0.359. The van der Waals surface area contributed by atoms with Crippen LogP contribution in [0, 0.1) is 0 Å². The van der Waals surface area contributed by atoms with E-state index in [0.29, 0.717) is 18.4 Å². The summed E-state index contributed by atoms with van der Waals surface area (Å²) in [4.78, 5) is 13.5. The van der Waals surface area contributed by atoms with Crippen LogP contribution in [0.4, 0.5) is 0 Å². The molecule has 1 aromatic heterocycles. The number of ketones is 1. The zero-order valence-corrected chi connectivity index (χ0v) is 10.7. The Bertz CT molecular complexity index is 386. The molecule has 4 nitrogen and oxygen atoms in total. The molecule has 1 aliphatic rings. The van der Waals surface area contributed by atoms with Crippen molar-refractivity contribution in [2.75, 3.05) is 13.1 Å². The molecule has 1 saturated heterocycles. The Labute approximate surface area is 103 Å². The number of carbonyl (C=O) groups excluding carboxylic acids is 1. The molecule has 2 rings (SSSR count). The van der Waals surface area contributed by atoms with E-state index in [2.05, 4.69) is 29.9 Å². The van der Waals surface area contributed by atoms with Crippen molar-refractivity contribution in [2.24, 2.45) is 0 Å². The van der Waals surface area contributed by atoms with Gasteiger partial charge in [0, 0.05) is 25.2 Å². The maximum atomic E-state index is 11.4. The molecule has 0 aromatic carbocycles. The summed E-state index contributed by atoms with van der Waals surface area (Å²) in [5, 5.41) is 4.56. The van der Waals surface area contributed by atoms with Gasteiger partial charge in [-0.25, -0.2) is 0 Å². The molecular formula is C13H21N3O. The third-order valence-electron chi connectivity index (χ3n) is 3.42. The molecule has 0 saturated carbocycles. The summed E-state index contributed by atoms with van der Waals surface area (Å²) in [6, 6.07) is 2.51. The van der Waals surface area contributed by atoms with Crippen molar-refractivity contribution in [3.8, 4) is 0 Å². The second kappa shape index (κ2) is 5.45. The maximum absolute atomic E-state index is 11.4. The lowest BCUT2D eigenvalue weighted by Crippen LogP contribution is -2.35. The Kier molecular flexibility index (Phi) is 3.94. The van der Waals surface area contributed by atoms with Gasteiger partial charge >= 0.3 is 0 Å². The van der Waals surface area contributed by atoms with Crippen LogP contribution in [0.15, 0.2) is 12.3 Å². The molecule has 0 bridgehead atoms. The minimum absolute atomic E-state index is 0.359. The number of aromatic nitrogens is 2. The van der Waals surface area contributed by atoms with Crippen molar-refractivity contribution in [2.45, 2.75) is 45.7 Å². The van der Waals surface area contributed by atoms with Gasteiger partial charge in [-0.3, -0.25) is 14.4 Å². The van der Waals surface area contributed by atoms with Gasteiger partial charge in [0.1, 0.15) is 5.78 Å². The molecule has 0 amide bonds. The third-order valence-corrected chi connectivity index (χ3v) is 3.42. The normalized spacial score (nSPS) is 19.5. The highest BCUT2D eigenvalue weighted by Gasteiger charge is 2.17. The van der Waals surface area contributed by atoms with Crippen molar-refractivity contribution in [1.29, 1.82) is 0 Å². The fraction of sp³-hybridized carbons (Fsp3) is 0.692. The van der Waals surface area contributed by atoms with Gasteiger partial charge in [-0.2, -0.15) is 5.10 Å². The van der Waals surface area contributed by atoms with Gasteiger partial charge in [0.2, 0.25) is 0 Å². The Morgan fingerprint density at radius 3 is 3.06 bits per heavy atom. The molecule has 1 aliphatic heterocycles. The first-order valence-electron chi connectivity index (χ1n) is 6.47. The highest BCUT2D eigenvalue weighted by molar-refractivity contribution is 5.81. The molecule has 1 aromatic rings. The monoisotopic (exact) mass is 235 g/mol. The first kappa shape index (κ1) is 12.3.